The molecule has 1 heterocycles. The van der Waals surface area contributed by atoms with Crippen molar-refractivity contribution in [2.75, 3.05) is 19.3 Å². The maximum atomic E-state index is 11.8. The summed E-state index contributed by atoms with van der Waals surface area (Å²) in [4.78, 5) is 24.8. The summed E-state index contributed by atoms with van der Waals surface area (Å²) in [6.07, 6.45) is 1.41. The molecule has 5 nitrogen and oxygen atoms in total. The van der Waals surface area contributed by atoms with Gasteiger partial charge in [0.15, 0.2) is 0 Å². The van der Waals surface area contributed by atoms with Crippen LogP contribution in [0.25, 0.3) is 0 Å². The van der Waals surface area contributed by atoms with E-state index < -0.39 is 0 Å². The Morgan fingerprint density at radius 2 is 2.15 bits per heavy atom. The smallest absolute Gasteiger partial charge is 0.224 e. The third kappa shape index (κ3) is 4.13. The van der Waals surface area contributed by atoms with Crippen molar-refractivity contribution in [1.29, 1.82) is 0 Å². The molecule has 0 aliphatic carbocycles. The molecule has 110 valence electrons. The Kier molecular flexibility index (Phi) is 5.82. The number of para-hydroxylation sites is 1. The van der Waals surface area contributed by atoms with Gasteiger partial charge in [0.25, 0.3) is 0 Å². The van der Waals surface area contributed by atoms with Crippen LogP contribution in [0.3, 0.4) is 0 Å². The second kappa shape index (κ2) is 7.14. The predicted octanol–water partition coefficient (Wildman–Crippen LogP) is 0.970. The zero-order valence-corrected chi connectivity index (χ0v) is 12.3. The fourth-order valence-corrected chi connectivity index (χ4v) is 2.27. The first kappa shape index (κ1) is 16.3. The number of rotatable bonds is 4. The van der Waals surface area contributed by atoms with E-state index in [4.69, 9.17) is 5.73 Å². The number of amides is 2. The number of carbonyl (C=O) groups is 2. The van der Waals surface area contributed by atoms with Crippen molar-refractivity contribution < 1.29 is 9.59 Å². The van der Waals surface area contributed by atoms with E-state index in [1.807, 2.05) is 24.3 Å². The van der Waals surface area contributed by atoms with Crippen LogP contribution in [0.4, 0.5) is 5.69 Å². The molecule has 0 saturated carbocycles. The number of anilines is 1. The van der Waals surface area contributed by atoms with Gasteiger partial charge in [-0.2, -0.15) is 0 Å². The van der Waals surface area contributed by atoms with Gasteiger partial charge in [0.2, 0.25) is 11.8 Å². The lowest BCUT2D eigenvalue weighted by Gasteiger charge is -2.12. The molecule has 0 bridgehead atoms. The third-order valence-corrected chi connectivity index (χ3v) is 3.38. The number of hydrogen-bond acceptors (Lipinski definition) is 3. The summed E-state index contributed by atoms with van der Waals surface area (Å²) in [6.45, 7) is 0.595. The number of nitrogens with two attached hydrogens (primary N) is 1. The molecule has 2 amide bonds. The van der Waals surface area contributed by atoms with Crippen LogP contribution >= 0.6 is 12.4 Å². The number of likely N-dealkylation sites (tertiary alicyclic amines) is 1. The van der Waals surface area contributed by atoms with E-state index in [0.717, 1.165) is 5.56 Å². The van der Waals surface area contributed by atoms with E-state index in [1.165, 1.54) is 0 Å². The van der Waals surface area contributed by atoms with Crippen molar-refractivity contribution >= 4 is 29.9 Å². The summed E-state index contributed by atoms with van der Waals surface area (Å²) in [7, 11) is 1.75. The molecule has 2 rings (SSSR count). The normalized spacial score (nSPS) is 17.8. The molecule has 1 saturated heterocycles. The quantitative estimate of drug-likeness (QED) is 0.813. The van der Waals surface area contributed by atoms with Crippen LogP contribution in [0.2, 0.25) is 0 Å². The molecule has 0 spiro atoms. The topological polar surface area (TPSA) is 75.4 Å². The van der Waals surface area contributed by atoms with Gasteiger partial charge in [0.05, 0.1) is 6.04 Å². The second-order valence-electron chi connectivity index (χ2n) is 4.94. The first-order valence-corrected chi connectivity index (χ1v) is 6.43. The van der Waals surface area contributed by atoms with Crippen LogP contribution in [0.1, 0.15) is 18.4 Å². The fraction of sp³-hybridized carbons (Fsp3) is 0.429. The molecule has 1 fully saturated rings. The van der Waals surface area contributed by atoms with Gasteiger partial charge in [-0.05, 0) is 18.1 Å². The number of nitrogens with zero attached hydrogens (tertiary/aromatic N) is 1. The molecule has 1 aromatic carbocycles. The zero-order valence-electron chi connectivity index (χ0n) is 11.5. The molecule has 3 N–H and O–H groups in total. The van der Waals surface area contributed by atoms with Gasteiger partial charge in [-0.1, -0.05) is 18.2 Å². The van der Waals surface area contributed by atoms with Gasteiger partial charge < -0.3 is 16.0 Å². The van der Waals surface area contributed by atoms with Crippen LogP contribution in [0.5, 0.6) is 0 Å². The van der Waals surface area contributed by atoms with Crippen molar-refractivity contribution in [1.82, 2.24) is 10.2 Å². The van der Waals surface area contributed by atoms with E-state index in [2.05, 4.69) is 5.32 Å². The summed E-state index contributed by atoms with van der Waals surface area (Å²) in [5.74, 6) is 0.0500. The molecule has 1 aliphatic rings. The molecular weight excluding hydrogens is 278 g/mol. The number of aryl methyl sites for hydroxylation is 1. The first-order valence-electron chi connectivity index (χ1n) is 6.43. The molecule has 1 aromatic rings. The Bertz CT molecular complexity index is 493. The SMILES string of the molecule is CN1CC(NC(=O)CCc2ccccc2N)CC1=O.Cl. The molecule has 0 aromatic heterocycles. The van der Waals surface area contributed by atoms with E-state index in [-0.39, 0.29) is 30.3 Å². The molecule has 6 heteroatoms. The molecular formula is C14H20ClN3O2. The van der Waals surface area contributed by atoms with Gasteiger partial charge in [0, 0.05) is 32.1 Å². The number of hydrogen-bond donors (Lipinski definition) is 2. The van der Waals surface area contributed by atoms with Crippen molar-refractivity contribution in [3.63, 3.8) is 0 Å². The summed E-state index contributed by atoms with van der Waals surface area (Å²) < 4.78 is 0. The number of likely N-dealkylation sites (N-methyl/N-ethyl adjacent to an activating group) is 1. The minimum Gasteiger partial charge on any atom is -0.399 e. The molecule has 0 radical (unpaired) electrons. The Balaban J connectivity index is 0.00000200. The van der Waals surface area contributed by atoms with Crippen molar-refractivity contribution in [2.45, 2.75) is 25.3 Å². The summed E-state index contributed by atoms with van der Waals surface area (Å²) in [5, 5.41) is 2.89. The van der Waals surface area contributed by atoms with E-state index in [1.54, 1.807) is 11.9 Å². The monoisotopic (exact) mass is 297 g/mol. The lowest BCUT2D eigenvalue weighted by Crippen LogP contribution is -2.36. The predicted molar refractivity (Wildman–Crippen MR) is 80.6 cm³/mol. The third-order valence-electron chi connectivity index (χ3n) is 3.38. The maximum absolute atomic E-state index is 11.8. The number of benzene rings is 1. The molecule has 1 aliphatic heterocycles. The first-order chi connectivity index (χ1) is 9.06. The van der Waals surface area contributed by atoms with Gasteiger partial charge in [-0.3, -0.25) is 9.59 Å². The fourth-order valence-electron chi connectivity index (χ4n) is 2.27. The molecule has 1 atom stereocenters. The zero-order chi connectivity index (χ0) is 13.8. The van der Waals surface area contributed by atoms with E-state index in [0.29, 0.717) is 31.5 Å². The maximum Gasteiger partial charge on any atom is 0.224 e. The molecule has 1 unspecified atom stereocenters. The Hall–Kier alpha value is -1.75. The largest absolute Gasteiger partial charge is 0.399 e. The van der Waals surface area contributed by atoms with Gasteiger partial charge in [0.1, 0.15) is 0 Å². The molecule has 20 heavy (non-hydrogen) atoms. The number of nitrogen functional groups attached to an aromatic ring is 1. The minimum atomic E-state index is -0.0573. The van der Waals surface area contributed by atoms with Crippen LogP contribution in [0, 0.1) is 0 Å². The van der Waals surface area contributed by atoms with Gasteiger partial charge >= 0.3 is 0 Å². The number of nitrogens with one attached hydrogen (secondary N) is 1. The standard InChI is InChI=1S/C14H19N3O2.ClH/c1-17-9-11(8-14(17)19)16-13(18)7-6-10-4-2-3-5-12(10)15;/h2-5,11H,6-9,15H2,1H3,(H,16,18);1H. The summed E-state index contributed by atoms with van der Waals surface area (Å²) in [5.41, 5.74) is 7.52. The van der Waals surface area contributed by atoms with E-state index in [9.17, 15) is 9.59 Å². The second-order valence-corrected chi connectivity index (χ2v) is 4.94. The Labute approximate surface area is 124 Å². The number of carbonyl (C=O) groups excluding carboxylic acids is 2. The van der Waals surface area contributed by atoms with Crippen LogP contribution in [-0.2, 0) is 16.0 Å². The highest BCUT2D eigenvalue weighted by molar-refractivity contribution is 5.85. The number of halogens is 1. The van der Waals surface area contributed by atoms with Gasteiger partial charge in [-0.15, -0.1) is 12.4 Å². The highest BCUT2D eigenvalue weighted by Crippen LogP contribution is 2.13. The van der Waals surface area contributed by atoms with Crippen LogP contribution in [0.15, 0.2) is 24.3 Å². The van der Waals surface area contributed by atoms with Gasteiger partial charge in [-0.25, -0.2) is 0 Å². The Morgan fingerprint density at radius 3 is 2.75 bits per heavy atom. The average molecular weight is 298 g/mol. The highest BCUT2D eigenvalue weighted by atomic mass is 35.5. The van der Waals surface area contributed by atoms with Crippen molar-refractivity contribution in [2.24, 2.45) is 0 Å². The average Bonchev–Trinajstić information content (AvgIpc) is 2.67. The lowest BCUT2D eigenvalue weighted by molar-refractivity contribution is -0.126. The van der Waals surface area contributed by atoms with Crippen LogP contribution < -0.4 is 11.1 Å². The minimum absolute atomic E-state index is 0. The van der Waals surface area contributed by atoms with E-state index >= 15 is 0 Å². The van der Waals surface area contributed by atoms with Crippen molar-refractivity contribution in [3.8, 4) is 0 Å². The summed E-state index contributed by atoms with van der Waals surface area (Å²) >= 11 is 0. The highest BCUT2D eigenvalue weighted by Gasteiger charge is 2.27. The lowest BCUT2D eigenvalue weighted by atomic mass is 10.1. The van der Waals surface area contributed by atoms with Crippen molar-refractivity contribution in [3.05, 3.63) is 29.8 Å². The summed E-state index contributed by atoms with van der Waals surface area (Å²) in [6, 6.07) is 7.48. The van der Waals surface area contributed by atoms with Crippen LogP contribution in [-0.4, -0.2) is 36.3 Å². The Morgan fingerprint density at radius 1 is 1.45 bits per heavy atom.